The van der Waals surface area contributed by atoms with Crippen molar-refractivity contribution >= 4 is 11.6 Å². The Morgan fingerprint density at radius 3 is 3.00 bits per heavy atom. The zero-order valence-corrected chi connectivity index (χ0v) is 9.68. The molecule has 0 amide bonds. The Hall–Kier alpha value is -1.13. The molecule has 0 aromatic heterocycles. The van der Waals surface area contributed by atoms with Crippen LogP contribution in [0.3, 0.4) is 0 Å². The second-order valence-electron chi connectivity index (χ2n) is 3.06. The van der Waals surface area contributed by atoms with E-state index in [0.29, 0.717) is 12.5 Å². The molecule has 1 aromatic rings. The van der Waals surface area contributed by atoms with Crippen molar-refractivity contribution in [1.82, 2.24) is 0 Å². The van der Waals surface area contributed by atoms with Gasteiger partial charge in [-0.1, -0.05) is 17.9 Å². The highest BCUT2D eigenvalue weighted by atomic mass is 35.5. The molecule has 15 heavy (non-hydrogen) atoms. The normalized spacial score (nSPS) is 9.20. The molecule has 0 fully saturated rings. The Morgan fingerprint density at radius 2 is 2.27 bits per heavy atom. The topological polar surface area (TPSA) is 9.23 Å². The molecule has 0 spiro atoms. The molecule has 0 heterocycles. The van der Waals surface area contributed by atoms with Crippen LogP contribution >= 0.6 is 11.6 Å². The van der Waals surface area contributed by atoms with Gasteiger partial charge in [0.15, 0.2) is 0 Å². The van der Waals surface area contributed by atoms with Crippen LogP contribution in [0.4, 0.5) is 0 Å². The lowest BCUT2D eigenvalue weighted by atomic mass is 10.2. The maximum absolute atomic E-state index is 5.56. The van der Waals surface area contributed by atoms with E-state index in [0.717, 1.165) is 24.2 Å². The molecule has 1 aromatic carbocycles. The van der Waals surface area contributed by atoms with Gasteiger partial charge in [-0.25, -0.2) is 0 Å². The van der Waals surface area contributed by atoms with E-state index < -0.39 is 0 Å². The number of alkyl halides is 1. The van der Waals surface area contributed by atoms with E-state index in [-0.39, 0.29) is 0 Å². The summed E-state index contributed by atoms with van der Waals surface area (Å²) in [6.45, 7) is 2.65. The van der Waals surface area contributed by atoms with Crippen LogP contribution in [0.15, 0.2) is 24.3 Å². The highest BCUT2D eigenvalue weighted by Gasteiger charge is 1.92. The molecule has 0 saturated carbocycles. The first-order valence-electron chi connectivity index (χ1n) is 5.14. The summed E-state index contributed by atoms with van der Waals surface area (Å²) in [6.07, 6.45) is 1.79. The summed E-state index contributed by atoms with van der Waals surface area (Å²) >= 11 is 5.56. The molecular formula is C13H15ClO. The smallest absolute Gasteiger partial charge is 0.120 e. The van der Waals surface area contributed by atoms with Crippen molar-refractivity contribution < 1.29 is 4.74 Å². The number of rotatable bonds is 4. The molecule has 0 atom stereocenters. The van der Waals surface area contributed by atoms with Gasteiger partial charge in [0.05, 0.1) is 6.61 Å². The minimum absolute atomic E-state index is 0.674. The standard InChI is InChI=1S/C13H15ClO/c1-2-15-13-9-6-8-12(11-13)7-4-3-5-10-14/h6,8-9,11H,2-3,5,10H2,1H3. The van der Waals surface area contributed by atoms with Crippen LogP contribution in [0, 0.1) is 11.8 Å². The highest BCUT2D eigenvalue weighted by Crippen LogP contribution is 2.12. The number of halogens is 1. The van der Waals surface area contributed by atoms with Crippen molar-refractivity contribution in [3.05, 3.63) is 29.8 Å². The molecular weight excluding hydrogens is 208 g/mol. The summed E-state index contributed by atoms with van der Waals surface area (Å²) in [5.41, 5.74) is 0.996. The monoisotopic (exact) mass is 222 g/mol. The fourth-order valence-corrected chi connectivity index (χ4v) is 1.28. The molecule has 0 unspecified atom stereocenters. The van der Waals surface area contributed by atoms with E-state index in [1.807, 2.05) is 31.2 Å². The van der Waals surface area contributed by atoms with Crippen LogP contribution in [-0.2, 0) is 0 Å². The lowest BCUT2D eigenvalue weighted by Crippen LogP contribution is -1.91. The predicted octanol–water partition coefficient (Wildman–Crippen LogP) is 3.46. The summed E-state index contributed by atoms with van der Waals surface area (Å²) in [7, 11) is 0. The van der Waals surface area contributed by atoms with Crippen LogP contribution in [0.25, 0.3) is 0 Å². The van der Waals surface area contributed by atoms with E-state index in [1.165, 1.54) is 0 Å². The van der Waals surface area contributed by atoms with Crippen molar-refractivity contribution in [3.8, 4) is 17.6 Å². The SMILES string of the molecule is CCOc1cccc(C#CCCCCl)c1. The first kappa shape index (κ1) is 11.9. The minimum atomic E-state index is 0.674. The largest absolute Gasteiger partial charge is 0.494 e. The predicted molar refractivity (Wildman–Crippen MR) is 64.4 cm³/mol. The van der Waals surface area contributed by atoms with E-state index in [1.54, 1.807) is 0 Å². The van der Waals surface area contributed by atoms with Gasteiger partial charge in [-0.15, -0.1) is 11.6 Å². The van der Waals surface area contributed by atoms with Gasteiger partial charge in [-0.05, 0) is 31.5 Å². The van der Waals surface area contributed by atoms with Crippen LogP contribution in [0.1, 0.15) is 25.3 Å². The van der Waals surface area contributed by atoms with Gasteiger partial charge in [0.1, 0.15) is 5.75 Å². The van der Waals surface area contributed by atoms with Gasteiger partial charge in [0.2, 0.25) is 0 Å². The number of hydrogen-bond donors (Lipinski definition) is 0. The third-order valence-electron chi connectivity index (χ3n) is 1.81. The van der Waals surface area contributed by atoms with Gasteiger partial charge in [0.25, 0.3) is 0 Å². The second-order valence-corrected chi connectivity index (χ2v) is 3.43. The minimum Gasteiger partial charge on any atom is -0.494 e. The van der Waals surface area contributed by atoms with Gasteiger partial charge >= 0.3 is 0 Å². The Kier molecular flexibility index (Phi) is 5.73. The third kappa shape index (κ3) is 4.76. The van der Waals surface area contributed by atoms with Crippen molar-refractivity contribution in [2.45, 2.75) is 19.8 Å². The maximum Gasteiger partial charge on any atom is 0.120 e. The summed E-state index contributed by atoms with van der Waals surface area (Å²) in [6, 6.07) is 7.83. The van der Waals surface area contributed by atoms with Crippen LogP contribution < -0.4 is 4.74 Å². The highest BCUT2D eigenvalue weighted by molar-refractivity contribution is 6.17. The van der Waals surface area contributed by atoms with Crippen LogP contribution in [-0.4, -0.2) is 12.5 Å². The van der Waals surface area contributed by atoms with Crippen LogP contribution in [0.2, 0.25) is 0 Å². The van der Waals surface area contributed by atoms with Crippen molar-refractivity contribution in [2.75, 3.05) is 12.5 Å². The Morgan fingerprint density at radius 1 is 1.40 bits per heavy atom. The molecule has 1 nitrogen and oxygen atoms in total. The lowest BCUT2D eigenvalue weighted by molar-refractivity contribution is 0.340. The van der Waals surface area contributed by atoms with Crippen LogP contribution in [0.5, 0.6) is 5.75 Å². The van der Waals surface area contributed by atoms with E-state index in [4.69, 9.17) is 16.3 Å². The van der Waals surface area contributed by atoms with Gasteiger partial charge < -0.3 is 4.74 Å². The molecule has 1 rings (SSSR count). The zero-order valence-electron chi connectivity index (χ0n) is 8.92. The molecule has 0 bridgehead atoms. The fourth-order valence-electron chi connectivity index (χ4n) is 1.15. The molecule has 80 valence electrons. The maximum atomic E-state index is 5.56. The summed E-state index contributed by atoms with van der Waals surface area (Å²) in [5, 5.41) is 0. The molecule has 0 N–H and O–H groups in total. The lowest BCUT2D eigenvalue weighted by Gasteiger charge is -2.01. The third-order valence-corrected chi connectivity index (χ3v) is 2.08. The average molecular weight is 223 g/mol. The average Bonchev–Trinajstić information content (AvgIpc) is 2.26. The summed E-state index contributed by atoms with van der Waals surface area (Å²) in [4.78, 5) is 0. The first-order valence-corrected chi connectivity index (χ1v) is 5.68. The Labute approximate surface area is 96.4 Å². The Bertz CT molecular complexity index is 349. The van der Waals surface area contributed by atoms with Gasteiger partial charge in [0, 0.05) is 17.9 Å². The number of ether oxygens (including phenoxy) is 1. The van der Waals surface area contributed by atoms with Crippen molar-refractivity contribution in [1.29, 1.82) is 0 Å². The molecule has 0 aliphatic carbocycles. The number of hydrogen-bond acceptors (Lipinski definition) is 1. The van der Waals surface area contributed by atoms with E-state index >= 15 is 0 Å². The van der Waals surface area contributed by atoms with E-state index in [9.17, 15) is 0 Å². The molecule has 2 heteroatoms. The van der Waals surface area contributed by atoms with Gasteiger partial charge in [-0.3, -0.25) is 0 Å². The summed E-state index contributed by atoms with van der Waals surface area (Å²) < 4.78 is 5.39. The van der Waals surface area contributed by atoms with Crippen molar-refractivity contribution in [2.24, 2.45) is 0 Å². The quantitative estimate of drug-likeness (QED) is 0.431. The number of benzene rings is 1. The molecule has 0 radical (unpaired) electrons. The molecule has 0 saturated heterocycles. The fraction of sp³-hybridized carbons (Fsp3) is 0.385. The summed E-state index contributed by atoms with van der Waals surface area (Å²) in [5.74, 6) is 7.72. The van der Waals surface area contributed by atoms with Gasteiger partial charge in [-0.2, -0.15) is 0 Å². The molecule has 0 aliphatic heterocycles. The molecule has 0 aliphatic rings. The first-order chi connectivity index (χ1) is 7.36. The number of unbranched alkanes of at least 4 members (excludes halogenated alkanes) is 1. The van der Waals surface area contributed by atoms with Crippen molar-refractivity contribution in [3.63, 3.8) is 0 Å². The van der Waals surface area contributed by atoms with E-state index in [2.05, 4.69) is 11.8 Å². The zero-order chi connectivity index (χ0) is 10.9. The Balaban J connectivity index is 2.59. The second kappa shape index (κ2) is 7.20.